The van der Waals surface area contributed by atoms with Gasteiger partial charge in [-0.25, -0.2) is 9.18 Å². The quantitative estimate of drug-likeness (QED) is 0.488. The van der Waals surface area contributed by atoms with E-state index in [9.17, 15) is 14.0 Å². The Balaban J connectivity index is 1.48. The molecule has 0 bridgehead atoms. The molecule has 0 unspecified atom stereocenters. The summed E-state index contributed by atoms with van der Waals surface area (Å²) in [6.07, 6.45) is 2.40. The Kier molecular flexibility index (Phi) is 5.71. The SMILES string of the molecule is Cc1ccc(NC(=O)Nc2ccccc2)cc1NC(=O)C1(c2ccc(F)cc2)CCC1. The second-order valence-corrected chi connectivity index (χ2v) is 7.87. The Morgan fingerprint density at radius 3 is 2.16 bits per heavy atom. The molecule has 4 rings (SSSR count). The fourth-order valence-electron chi connectivity index (χ4n) is 3.84. The van der Waals surface area contributed by atoms with Crippen LogP contribution < -0.4 is 16.0 Å². The van der Waals surface area contributed by atoms with Crippen LogP contribution in [-0.2, 0) is 10.2 Å². The Morgan fingerprint density at radius 1 is 0.839 bits per heavy atom. The van der Waals surface area contributed by atoms with Crippen molar-refractivity contribution in [2.45, 2.75) is 31.6 Å². The van der Waals surface area contributed by atoms with Crippen LogP contribution in [0.15, 0.2) is 72.8 Å². The number of rotatable bonds is 5. The average molecular weight is 417 g/mol. The fraction of sp³-hybridized carbons (Fsp3) is 0.200. The van der Waals surface area contributed by atoms with Crippen LogP contribution >= 0.6 is 0 Å². The maximum atomic E-state index is 13.3. The number of para-hydroxylation sites is 1. The van der Waals surface area contributed by atoms with E-state index in [1.165, 1.54) is 12.1 Å². The van der Waals surface area contributed by atoms with Crippen molar-refractivity contribution in [1.29, 1.82) is 0 Å². The van der Waals surface area contributed by atoms with Gasteiger partial charge in [0.05, 0.1) is 5.41 Å². The van der Waals surface area contributed by atoms with Crippen LogP contribution in [0.3, 0.4) is 0 Å². The molecule has 0 saturated heterocycles. The Labute approximate surface area is 180 Å². The van der Waals surface area contributed by atoms with E-state index in [1.807, 2.05) is 31.2 Å². The smallest absolute Gasteiger partial charge is 0.323 e. The van der Waals surface area contributed by atoms with Crippen molar-refractivity contribution in [3.8, 4) is 0 Å². The lowest BCUT2D eigenvalue weighted by Crippen LogP contribution is -2.46. The summed E-state index contributed by atoms with van der Waals surface area (Å²) >= 11 is 0. The fourth-order valence-corrected chi connectivity index (χ4v) is 3.84. The van der Waals surface area contributed by atoms with E-state index in [1.54, 1.807) is 36.4 Å². The number of benzene rings is 3. The molecular weight excluding hydrogens is 393 g/mol. The molecule has 0 atom stereocenters. The first-order valence-electron chi connectivity index (χ1n) is 10.3. The number of nitrogens with one attached hydrogen (secondary N) is 3. The molecule has 0 spiro atoms. The van der Waals surface area contributed by atoms with Crippen molar-refractivity contribution >= 4 is 29.0 Å². The van der Waals surface area contributed by atoms with Gasteiger partial charge in [0.25, 0.3) is 0 Å². The highest BCUT2D eigenvalue weighted by Crippen LogP contribution is 2.44. The van der Waals surface area contributed by atoms with Gasteiger partial charge in [-0.05, 0) is 67.3 Å². The zero-order valence-electron chi connectivity index (χ0n) is 17.2. The lowest BCUT2D eigenvalue weighted by atomic mass is 9.63. The molecule has 31 heavy (non-hydrogen) atoms. The number of urea groups is 1. The summed E-state index contributed by atoms with van der Waals surface area (Å²) < 4.78 is 13.3. The van der Waals surface area contributed by atoms with Gasteiger partial charge in [0.1, 0.15) is 5.82 Å². The largest absolute Gasteiger partial charge is 0.325 e. The normalized spacial score (nSPS) is 14.3. The molecule has 3 amide bonds. The molecule has 3 aromatic carbocycles. The minimum Gasteiger partial charge on any atom is -0.325 e. The average Bonchev–Trinajstić information content (AvgIpc) is 2.72. The molecule has 5 nitrogen and oxygen atoms in total. The van der Waals surface area contributed by atoms with E-state index in [0.717, 1.165) is 30.4 Å². The summed E-state index contributed by atoms with van der Waals surface area (Å²) in [5, 5.41) is 8.58. The van der Waals surface area contributed by atoms with Gasteiger partial charge >= 0.3 is 6.03 Å². The van der Waals surface area contributed by atoms with Crippen LogP contribution in [0, 0.1) is 12.7 Å². The second-order valence-electron chi connectivity index (χ2n) is 7.87. The van der Waals surface area contributed by atoms with Crippen LogP contribution in [0.4, 0.5) is 26.2 Å². The third kappa shape index (κ3) is 4.43. The molecule has 6 heteroatoms. The predicted octanol–water partition coefficient (Wildman–Crippen LogP) is 5.84. The predicted molar refractivity (Wildman–Crippen MR) is 121 cm³/mol. The Hall–Kier alpha value is -3.67. The van der Waals surface area contributed by atoms with Gasteiger partial charge < -0.3 is 16.0 Å². The lowest BCUT2D eigenvalue weighted by Gasteiger charge is -2.40. The van der Waals surface area contributed by atoms with Gasteiger partial charge in [-0.2, -0.15) is 0 Å². The lowest BCUT2D eigenvalue weighted by molar-refractivity contribution is -0.124. The molecule has 0 radical (unpaired) electrons. The first-order chi connectivity index (χ1) is 15.0. The highest BCUT2D eigenvalue weighted by molar-refractivity contribution is 6.02. The number of hydrogen-bond donors (Lipinski definition) is 3. The van der Waals surface area contributed by atoms with Crippen molar-refractivity contribution in [3.05, 3.63) is 89.7 Å². The van der Waals surface area contributed by atoms with Crippen LogP contribution in [0.5, 0.6) is 0 Å². The number of carbonyl (C=O) groups excluding carboxylic acids is 2. The van der Waals surface area contributed by atoms with Crippen molar-refractivity contribution in [3.63, 3.8) is 0 Å². The number of hydrogen-bond acceptors (Lipinski definition) is 2. The van der Waals surface area contributed by atoms with Gasteiger partial charge in [0, 0.05) is 17.1 Å². The second kappa shape index (κ2) is 8.60. The molecule has 0 aliphatic heterocycles. The summed E-state index contributed by atoms with van der Waals surface area (Å²) in [7, 11) is 0. The Bertz CT molecular complexity index is 1090. The summed E-state index contributed by atoms with van der Waals surface area (Å²) in [5.74, 6) is -0.429. The standard InChI is InChI=1S/C25H24FN3O2/c1-17-8-13-21(28-24(31)27-20-6-3-2-4-7-20)16-22(17)29-23(30)25(14-5-15-25)18-9-11-19(26)12-10-18/h2-4,6-13,16H,5,14-15H2,1H3,(H,29,30)(H2,27,28,31). The summed E-state index contributed by atoms with van der Waals surface area (Å²) in [4.78, 5) is 25.5. The van der Waals surface area contributed by atoms with E-state index in [4.69, 9.17) is 0 Å². The number of aryl methyl sites for hydroxylation is 1. The molecule has 158 valence electrons. The molecule has 1 saturated carbocycles. The molecule has 3 aromatic rings. The first kappa shape index (κ1) is 20.6. The van der Waals surface area contributed by atoms with E-state index in [0.29, 0.717) is 17.1 Å². The molecule has 3 N–H and O–H groups in total. The van der Waals surface area contributed by atoms with E-state index in [-0.39, 0.29) is 17.8 Å². The van der Waals surface area contributed by atoms with E-state index < -0.39 is 5.41 Å². The van der Waals surface area contributed by atoms with Crippen LogP contribution in [0.25, 0.3) is 0 Å². The topological polar surface area (TPSA) is 70.2 Å². The number of halogens is 1. The van der Waals surface area contributed by atoms with Crippen LogP contribution in [-0.4, -0.2) is 11.9 Å². The molecule has 0 heterocycles. The molecule has 1 aliphatic rings. The zero-order chi connectivity index (χ0) is 21.8. The number of anilines is 3. The monoisotopic (exact) mass is 417 g/mol. The van der Waals surface area contributed by atoms with Crippen molar-refractivity contribution < 1.29 is 14.0 Å². The maximum absolute atomic E-state index is 13.3. The third-order valence-corrected chi connectivity index (χ3v) is 5.81. The molecule has 1 fully saturated rings. The highest BCUT2D eigenvalue weighted by atomic mass is 19.1. The van der Waals surface area contributed by atoms with Crippen molar-refractivity contribution in [2.75, 3.05) is 16.0 Å². The van der Waals surface area contributed by atoms with Gasteiger partial charge in [-0.1, -0.05) is 42.8 Å². The van der Waals surface area contributed by atoms with Crippen molar-refractivity contribution in [1.82, 2.24) is 0 Å². The number of amides is 3. The minimum atomic E-state index is -0.645. The molecule has 0 aromatic heterocycles. The van der Waals surface area contributed by atoms with E-state index >= 15 is 0 Å². The molecular formula is C25H24FN3O2. The zero-order valence-corrected chi connectivity index (χ0v) is 17.2. The van der Waals surface area contributed by atoms with Gasteiger partial charge in [0.15, 0.2) is 0 Å². The van der Waals surface area contributed by atoms with Crippen LogP contribution in [0.1, 0.15) is 30.4 Å². The van der Waals surface area contributed by atoms with E-state index in [2.05, 4.69) is 16.0 Å². The maximum Gasteiger partial charge on any atom is 0.323 e. The summed E-state index contributed by atoms with van der Waals surface area (Å²) in [5.41, 5.74) is 2.96. The summed E-state index contributed by atoms with van der Waals surface area (Å²) in [6, 6.07) is 20.3. The van der Waals surface area contributed by atoms with Gasteiger partial charge in [-0.15, -0.1) is 0 Å². The first-order valence-corrected chi connectivity index (χ1v) is 10.3. The third-order valence-electron chi connectivity index (χ3n) is 5.81. The van der Waals surface area contributed by atoms with Crippen molar-refractivity contribution in [2.24, 2.45) is 0 Å². The number of carbonyl (C=O) groups is 2. The van der Waals surface area contributed by atoms with Gasteiger partial charge in [0.2, 0.25) is 5.91 Å². The summed E-state index contributed by atoms with van der Waals surface area (Å²) in [6.45, 7) is 1.90. The van der Waals surface area contributed by atoms with Crippen LogP contribution in [0.2, 0.25) is 0 Å². The Morgan fingerprint density at radius 2 is 1.52 bits per heavy atom. The highest BCUT2D eigenvalue weighted by Gasteiger charge is 2.45. The van der Waals surface area contributed by atoms with Gasteiger partial charge in [-0.3, -0.25) is 4.79 Å². The molecule has 1 aliphatic carbocycles. The minimum absolute atomic E-state index is 0.112.